The molecule has 2 amide bonds. The SMILES string of the molecule is O=C(/C=C/c1c[nH]c2ccccc12)N1CC[C@@H]2[C@H]1C(=O)N2S(=O)(=O)O. The number of aromatic amines is 1. The van der Waals surface area contributed by atoms with Gasteiger partial charge in [0.1, 0.15) is 6.04 Å². The molecule has 130 valence electrons. The standard InChI is InChI=1S/C16H15N3O5S/c20-14(6-5-10-9-17-12-4-2-1-3-11(10)12)18-8-7-13-15(18)16(21)19(13)25(22,23)24/h1-6,9,13,15,17H,7-8H2,(H,22,23,24)/b6-5+/t13-,15+/m1/s1. The number of nitrogens with one attached hydrogen (secondary N) is 1. The molecule has 2 aliphatic rings. The van der Waals surface area contributed by atoms with Gasteiger partial charge in [0.05, 0.1) is 6.04 Å². The Morgan fingerprint density at radius 1 is 1.32 bits per heavy atom. The fraction of sp³-hybridized carbons (Fsp3) is 0.250. The van der Waals surface area contributed by atoms with Crippen LogP contribution >= 0.6 is 0 Å². The number of likely N-dealkylation sites (tertiary alicyclic amines) is 1. The van der Waals surface area contributed by atoms with Crippen LogP contribution in [0, 0.1) is 0 Å². The van der Waals surface area contributed by atoms with E-state index in [1.807, 2.05) is 24.3 Å². The number of aromatic nitrogens is 1. The number of amides is 2. The second-order valence-electron chi connectivity index (χ2n) is 6.07. The lowest BCUT2D eigenvalue weighted by Gasteiger charge is -2.42. The number of carbonyl (C=O) groups is 2. The first-order valence-electron chi connectivity index (χ1n) is 7.73. The summed E-state index contributed by atoms with van der Waals surface area (Å²) in [6.07, 6.45) is 5.15. The van der Waals surface area contributed by atoms with Crippen molar-refractivity contribution in [2.75, 3.05) is 6.54 Å². The molecule has 25 heavy (non-hydrogen) atoms. The van der Waals surface area contributed by atoms with Gasteiger partial charge in [-0.2, -0.15) is 8.42 Å². The van der Waals surface area contributed by atoms with E-state index in [1.165, 1.54) is 11.0 Å². The lowest BCUT2D eigenvalue weighted by atomic mass is 10.0. The quantitative estimate of drug-likeness (QED) is 0.477. The maximum Gasteiger partial charge on any atom is 0.362 e. The number of fused-ring (bicyclic) bond motifs is 2. The Morgan fingerprint density at radius 2 is 2.08 bits per heavy atom. The summed E-state index contributed by atoms with van der Waals surface area (Å²) in [4.78, 5) is 28.8. The highest BCUT2D eigenvalue weighted by atomic mass is 32.2. The summed E-state index contributed by atoms with van der Waals surface area (Å²) < 4.78 is 31.9. The third kappa shape index (κ3) is 2.43. The molecule has 4 rings (SSSR count). The molecule has 1 aromatic heterocycles. The zero-order valence-electron chi connectivity index (χ0n) is 13.0. The van der Waals surface area contributed by atoms with Crippen molar-refractivity contribution < 1.29 is 22.6 Å². The Morgan fingerprint density at radius 3 is 2.84 bits per heavy atom. The largest absolute Gasteiger partial charge is 0.362 e. The fourth-order valence-corrected chi connectivity index (χ4v) is 4.45. The van der Waals surface area contributed by atoms with Gasteiger partial charge < -0.3 is 9.88 Å². The fourth-order valence-electron chi connectivity index (χ4n) is 3.55. The second kappa shape index (κ2) is 5.43. The monoisotopic (exact) mass is 361 g/mol. The van der Waals surface area contributed by atoms with E-state index in [1.54, 1.807) is 12.3 Å². The van der Waals surface area contributed by atoms with Gasteiger partial charge in [-0.25, -0.2) is 4.31 Å². The molecule has 2 atom stereocenters. The van der Waals surface area contributed by atoms with E-state index in [9.17, 15) is 18.0 Å². The molecular formula is C16H15N3O5S. The van der Waals surface area contributed by atoms with Crippen molar-refractivity contribution in [1.82, 2.24) is 14.2 Å². The number of para-hydroxylation sites is 1. The summed E-state index contributed by atoms with van der Waals surface area (Å²) in [5, 5.41) is 0.975. The van der Waals surface area contributed by atoms with Gasteiger partial charge in [0.25, 0.3) is 5.91 Å². The molecule has 2 aromatic rings. The van der Waals surface area contributed by atoms with Gasteiger partial charge >= 0.3 is 10.3 Å². The van der Waals surface area contributed by atoms with Crippen molar-refractivity contribution in [1.29, 1.82) is 0 Å². The number of nitrogens with zero attached hydrogens (tertiary/aromatic N) is 2. The van der Waals surface area contributed by atoms with Crippen LogP contribution < -0.4 is 0 Å². The lowest BCUT2D eigenvalue weighted by molar-refractivity contribution is -0.149. The highest BCUT2D eigenvalue weighted by Gasteiger charge is 2.59. The van der Waals surface area contributed by atoms with Gasteiger partial charge in [0.15, 0.2) is 0 Å². The van der Waals surface area contributed by atoms with E-state index in [-0.39, 0.29) is 12.5 Å². The summed E-state index contributed by atoms with van der Waals surface area (Å²) in [7, 11) is -4.57. The molecule has 0 radical (unpaired) electrons. The van der Waals surface area contributed by atoms with Gasteiger partial charge in [0, 0.05) is 29.7 Å². The third-order valence-electron chi connectivity index (χ3n) is 4.70. The van der Waals surface area contributed by atoms with Crippen molar-refractivity contribution in [2.45, 2.75) is 18.5 Å². The minimum atomic E-state index is -4.57. The Kier molecular flexibility index (Phi) is 3.44. The van der Waals surface area contributed by atoms with E-state index >= 15 is 0 Å². The molecule has 0 unspecified atom stereocenters. The minimum Gasteiger partial charge on any atom is -0.361 e. The second-order valence-corrected chi connectivity index (χ2v) is 7.36. The van der Waals surface area contributed by atoms with Crippen LogP contribution in [-0.4, -0.2) is 57.6 Å². The molecule has 2 fully saturated rings. The van der Waals surface area contributed by atoms with Crippen molar-refractivity contribution in [3.63, 3.8) is 0 Å². The number of benzene rings is 1. The predicted molar refractivity (Wildman–Crippen MR) is 89.6 cm³/mol. The number of hydrogen-bond acceptors (Lipinski definition) is 4. The van der Waals surface area contributed by atoms with Crippen molar-refractivity contribution in [3.05, 3.63) is 42.1 Å². The summed E-state index contributed by atoms with van der Waals surface area (Å²) in [5.41, 5.74) is 1.80. The highest BCUT2D eigenvalue weighted by molar-refractivity contribution is 7.84. The minimum absolute atomic E-state index is 0.268. The molecule has 3 heterocycles. The van der Waals surface area contributed by atoms with Crippen LogP contribution in [0.3, 0.4) is 0 Å². The maximum absolute atomic E-state index is 12.4. The first kappa shape index (κ1) is 15.9. The Labute approximate surface area is 143 Å². The van der Waals surface area contributed by atoms with Crippen LogP contribution in [-0.2, 0) is 19.9 Å². The smallest absolute Gasteiger partial charge is 0.361 e. The van der Waals surface area contributed by atoms with E-state index in [4.69, 9.17) is 4.55 Å². The number of rotatable bonds is 3. The Balaban J connectivity index is 1.52. The molecule has 0 aliphatic carbocycles. The number of H-pyrrole nitrogens is 1. The van der Waals surface area contributed by atoms with Crippen LogP contribution in [0.4, 0.5) is 0 Å². The van der Waals surface area contributed by atoms with E-state index in [2.05, 4.69) is 4.98 Å². The average molecular weight is 361 g/mol. The molecular weight excluding hydrogens is 346 g/mol. The summed E-state index contributed by atoms with van der Waals surface area (Å²) in [5.74, 6) is -1.13. The van der Waals surface area contributed by atoms with Crippen LogP contribution in [0.1, 0.15) is 12.0 Å². The predicted octanol–water partition coefficient (Wildman–Crippen LogP) is 0.796. The lowest BCUT2D eigenvalue weighted by Crippen LogP contribution is -2.68. The van der Waals surface area contributed by atoms with Crippen LogP contribution in [0.2, 0.25) is 0 Å². The molecule has 9 heteroatoms. The molecule has 2 aliphatic heterocycles. The summed E-state index contributed by atoms with van der Waals surface area (Å²) in [6.45, 7) is 0.268. The third-order valence-corrected chi connectivity index (χ3v) is 5.64. The van der Waals surface area contributed by atoms with Crippen molar-refractivity contribution in [2.24, 2.45) is 0 Å². The molecule has 2 N–H and O–H groups in total. The number of hydrogen-bond donors (Lipinski definition) is 2. The first-order chi connectivity index (χ1) is 11.9. The van der Waals surface area contributed by atoms with Crippen LogP contribution in [0.25, 0.3) is 17.0 Å². The van der Waals surface area contributed by atoms with Gasteiger partial charge in [-0.3, -0.25) is 14.1 Å². The highest BCUT2D eigenvalue weighted by Crippen LogP contribution is 2.35. The van der Waals surface area contributed by atoms with E-state index in [0.29, 0.717) is 10.7 Å². The van der Waals surface area contributed by atoms with Gasteiger partial charge in [0.2, 0.25) is 5.91 Å². The molecule has 0 spiro atoms. The summed E-state index contributed by atoms with van der Waals surface area (Å²) in [6, 6.07) is 6.18. The molecule has 2 saturated heterocycles. The zero-order valence-corrected chi connectivity index (χ0v) is 13.8. The van der Waals surface area contributed by atoms with Crippen molar-refractivity contribution >= 4 is 39.1 Å². The summed E-state index contributed by atoms with van der Waals surface area (Å²) >= 11 is 0. The molecule has 0 saturated carbocycles. The molecule has 1 aromatic carbocycles. The first-order valence-corrected chi connectivity index (χ1v) is 9.13. The Bertz CT molecular complexity index is 1010. The number of β-lactam (4-membered cyclic amide) rings is 1. The van der Waals surface area contributed by atoms with Gasteiger partial charge in [-0.05, 0) is 24.1 Å². The number of carbonyl (C=O) groups excluding carboxylic acids is 2. The normalized spacial score (nSPS) is 23.3. The van der Waals surface area contributed by atoms with Crippen LogP contribution in [0.15, 0.2) is 36.5 Å². The Hall–Kier alpha value is -2.65. The van der Waals surface area contributed by atoms with Gasteiger partial charge in [-0.15, -0.1) is 0 Å². The topological polar surface area (TPSA) is 111 Å². The van der Waals surface area contributed by atoms with Gasteiger partial charge in [-0.1, -0.05) is 18.2 Å². The van der Waals surface area contributed by atoms with E-state index < -0.39 is 28.3 Å². The molecule has 8 nitrogen and oxygen atoms in total. The van der Waals surface area contributed by atoms with E-state index in [0.717, 1.165) is 16.5 Å². The maximum atomic E-state index is 12.4. The van der Waals surface area contributed by atoms with Crippen molar-refractivity contribution in [3.8, 4) is 0 Å². The molecule has 0 bridgehead atoms. The average Bonchev–Trinajstić information content (AvgIpc) is 3.12. The van der Waals surface area contributed by atoms with Crippen LogP contribution in [0.5, 0.6) is 0 Å². The zero-order chi connectivity index (χ0) is 17.8.